The van der Waals surface area contributed by atoms with E-state index in [-0.39, 0.29) is 0 Å². The van der Waals surface area contributed by atoms with Gasteiger partial charge in [-0.05, 0) is 6.42 Å². The first-order valence-corrected chi connectivity index (χ1v) is 8.58. The molecule has 0 aromatic carbocycles. The maximum atomic E-state index is 9.19. The van der Waals surface area contributed by atoms with Crippen molar-refractivity contribution in [1.82, 2.24) is 9.91 Å². The molecule has 0 fully saturated rings. The summed E-state index contributed by atoms with van der Waals surface area (Å²) >= 11 is 0. The molecule has 7 heteroatoms. The van der Waals surface area contributed by atoms with Crippen LogP contribution in [-0.2, 0) is 10.1 Å². The van der Waals surface area contributed by atoms with Gasteiger partial charge in [-0.3, -0.25) is 9.56 Å². The van der Waals surface area contributed by atoms with Crippen molar-refractivity contribution in [2.45, 2.75) is 46.0 Å². The summed E-state index contributed by atoms with van der Waals surface area (Å²) < 4.78 is 25.9. The third-order valence-electron chi connectivity index (χ3n) is 2.66. The third kappa shape index (κ3) is 10.8. The van der Waals surface area contributed by atoms with Crippen molar-refractivity contribution < 1.29 is 13.0 Å². The van der Waals surface area contributed by atoms with Gasteiger partial charge in [-0.1, -0.05) is 33.1 Å². The van der Waals surface area contributed by atoms with E-state index >= 15 is 0 Å². The summed E-state index contributed by atoms with van der Waals surface area (Å²) in [5, 5.41) is 6.75. The SMILES string of the molecule is CCCCCCN1CN(C)C(CC)=N1.CS(=O)(=O)O. The van der Waals surface area contributed by atoms with Gasteiger partial charge in [-0.15, -0.1) is 0 Å². The van der Waals surface area contributed by atoms with E-state index in [2.05, 4.69) is 35.9 Å². The van der Waals surface area contributed by atoms with Crippen LogP contribution in [0.15, 0.2) is 5.10 Å². The van der Waals surface area contributed by atoms with Crippen LogP contribution in [-0.4, -0.2) is 55.2 Å². The Morgan fingerprint density at radius 1 is 1.26 bits per heavy atom. The molecule has 1 heterocycles. The van der Waals surface area contributed by atoms with Gasteiger partial charge in [-0.2, -0.15) is 13.5 Å². The second kappa shape index (κ2) is 9.14. The van der Waals surface area contributed by atoms with Crippen molar-refractivity contribution in [2.75, 3.05) is 26.5 Å². The summed E-state index contributed by atoms with van der Waals surface area (Å²) in [5.74, 6) is 1.22. The van der Waals surface area contributed by atoms with Crippen molar-refractivity contribution >= 4 is 16.0 Å². The summed E-state index contributed by atoms with van der Waals surface area (Å²) in [5.41, 5.74) is 0. The highest BCUT2D eigenvalue weighted by molar-refractivity contribution is 7.85. The zero-order chi connectivity index (χ0) is 14.9. The predicted octanol–water partition coefficient (Wildman–Crippen LogP) is 2.00. The lowest BCUT2D eigenvalue weighted by Gasteiger charge is -2.15. The topological polar surface area (TPSA) is 73.2 Å². The second-order valence-electron chi connectivity index (χ2n) is 4.73. The Hall–Kier alpha value is -0.820. The van der Waals surface area contributed by atoms with Crippen LogP contribution in [0.1, 0.15) is 46.0 Å². The molecule has 0 bridgehead atoms. The Morgan fingerprint density at radius 2 is 1.84 bits per heavy atom. The first kappa shape index (κ1) is 18.2. The molecule has 0 aromatic rings. The van der Waals surface area contributed by atoms with Crippen LogP contribution in [0.2, 0.25) is 0 Å². The van der Waals surface area contributed by atoms with E-state index in [4.69, 9.17) is 4.55 Å². The van der Waals surface area contributed by atoms with Crippen molar-refractivity contribution in [3.8, 4) is 0 Å². The molecular weight excluding hydrogens is 266 g/mol. The van der Waals surface area contributed by atoms with Crippen LogP contribution >= 0.6 is 0 Å². The van der Waals surface area contributed by atoms with Crippen LogP contribution in [0.3, 0.4) is 0 Å². The molecule has 0 spiro atoms. The van der Waals surface area contributed by atoms with Gasteiger partial charge in [0.15, 0.2) is 0 Å². The summed E-state index contributed by atoms with van der Waals surface area (Å²) in [6.07, 6.45) is 7.04. The first-order chi connectivity index (χ1) is 8.77. The van der Waals surface area contributed by atoms with E-state index in [1.54, 1.807) is 0 Å². The Kier molecular flexibility index (Phi) is 8.75. The normalized spacial score (nSPS) is 15.1. The largest absolute Gasteiger partial charge is 0.343 e. The van der Waals surface area contributed by atoms with E-state index in [0.717, 1.165) is 19.6 Å². The molecule has 0 saturated heterocycles. The zero-order valence-corrected chi connectivity index (χ0v) is 13.3. The van der Waals surface area contributed by atoms with Crippen LogP contribution in [0, 0.1) is 0 Å². The summed E-state index contributed by atoms with van der Waals surface area (Å²) in [7, 11) is -1.55. The Labute approximate surface area is 117 Å². The number of nitrogens with zero attached hydrogens (tertiary/aromatic N) is 3. The van der Waals surface area contributed by atoms with Crippen LogP contribution in [0.4, 0.5) is 0 Å². The van der Waals surface area contributed by atoms with Gasteiger partial charge in [0.2, 0.25) is 0 Å². The maximum absolute atomic E-state index is 9.19. The van der Waals surface area contributed by atoms with E-state index in [0.29, 0.717) is 6.26 Å². The minimum atomic E-state index is -3.67. The summed E-state index contributed by atoms with van der Waals surface area (Å²) in [6, 6.07) is 0. The van der Waals surface area contributed by atoms with Gasteiger partial charge in [0.05, 0.1) is 6.26 Å². The lowest BCUT2D eigenvalue weighted by molar-refractivity contribution is 0.247. The molecule has 0 atom stereocenters. The van der Waals surface area contributed by atoms with Gasteiger partial charge in [-0.25, -0.2) is 0 Å². The quantitative estimate of drug-likeness (QED) is 0.599. The molecule has 1 rings (SSSR count). The standard InChI is InChI=1S/C11H23N3.CH4O3S/c1-4-6-7-8-9-14-10-13(3)11(5-2)12-14;1-5(2,3)4/h4-10H2,1-3H3;1H3,(H,2,3,4). The molecule has 1 aliphatic rings. The minimum Gasteiger partial charge on any atom is -0.343 e. The zero-order valence-electron chi connectivity index (χ0n) is 12.5. The second-order valence-corrected chi connectivity index (χ2v) is 6.20. The predicted molar refractivity (Wildman–Crippen MR) is 78.7 cm³/mol. The highest BCUT2D eigenvalue weighted by atomic mass is 32.2. The van der Waals surface area contributed by atoms with Gasteiger partial charge in [0, 0.05) is 20.0 Å². The van der Waals surface area contributed by atoms with E-state index < -0.39 is 10.1 Å². The molecule has 0 saturated carbocycles. The molecule has 6 nitrogen and oxygen atoms in total. The van der Waals surface area contributed by atoms with E-state index in [9.17, 15) is 8.42 Å². The molecule has 1 aliphatic heterocycles. The fraction of sp³-hybridized carbons (Fsp3) is 0.917. The lowest BCUT2D eigenvalue weighted by atomic mass is 10.2. The van der Waals surface area contributed by atoms with E-state index in [1.807, 2.05) is 0 Å². The Bertz CT molecular complexity index is 360. The number of amidine groups is 1. The van der Waals surface area contributed by atoms with Crippen molar-refractivity contribution in [3.05, 3.63) is 0 Å². The van der Waals surface area contributed by atoms with Crippen LogP contribution in [0.25, 0.3) is 0 Å². The Balaban J connectivity index is 0.000000555. The molecule has 0 radical (unpaired) electrons. The number of unbranched alkanes of at least 4 members (excludes halogenated alkanes) is 3. The van der Waals surface area contributed by atoms with Gasteiger partial charge < -0.3 is 4.90 Å². The number of hydrogen-bond donors (Lipinski definition) is 1. The average Bonchev–Trinajstić information content (AvgIpc) is 2.63. The van der Waals surface area contributed by atoms with Gasteiger partial charge in [0.25, 0.3) is 10.1 Å². The average molecular weight is 293 g/mol. The maximum Gasteiger partial charge on any atom is 0.261 e. The molecule has 19 heavy (non-hydrogen) atoms. The third-order valence-corrected chi connectivity index (χ3v) is 2.66. The molecule has 1 N–H and O–H groups in total. The minimum absolute atomic E-state index is 0.715. The highest BCUT2D eigenvalue weighted by Crippen LogP contribution is 2.10. The number of hydrogen-bond acceptors (Lipinski definition) is 5. The molecule has 0 amide bonds. The first-order valence-electron chi connectivity index (χ1n) is 6.74. The number of rotatable bonds is 6. The molecule has 114 valence electrons. The van der Waals surface area contributed by atoms with Gasteiger partial charge >= 0.3 is 0 Å². The van der Waals surface area contributed by atoms with Crippen LogP contribution in [0.5, 0.6) is 0 Å². The lowest BCUT2D eigenvalue weighted by Crippen LogP contribution is -2.27. The van der Waals surface area contributed by atoms with Crippen molar-refractivity contribution in [1.29, 1.82) is 0 Å². The van der Waals surface area contributed by atoms with E-state index in [1.165, 1.54) is 31.5 Å². The highest BCUT2D eigenvalue weighted by Gasteiger charge is 2.16. The fourth-order valence-corrected chi connectivity index (χ4v) is 1.78. The number of hydrazone groups is 1. The fourth-order valence-electron chi connectivity index (χ4n) is 1.78. The molecule has 0 unspecified atom stereocenters. The Morgan fingerprint density at radius 3 is 2.26 bits per heavy atom. The molecular formula is C12H27N3O3S. The van der Waals surface area contributed by atoms with Gasteiger partial charge in [0.1, 0.15) is 12.5 Å². The summed E-state index contributed by atoms with van der Waals surface area (Å²) in [4.78, 5) is 2.24. The molecule has 0 aromatic heterocycles. The monoisotopic (exact) mass is 293 g/mol. The van der Waals surface area contributed by atoms with Crippen LogP contribution < -0.4 is 0 Å². The smallest absolute Gasteiger partial charge is 0.261 e. The molecule has 0 aliphatic carbocycles. The summed E-state index contributed by atoms with van der Waals surface area (Å²) in [6.45, 7) is 6.51. The van der Waals surface area contributed by atoms with Crippen molar-refractivity contribution in [2.24, 2.45) is 5.10 Å². The van der Waals surface area contributed by atoms with Crippen molar-refractivity contribution in [3.63, 3.8) is 0 Å².